The fourth-order valence-corrected chi connectivity index (χ4v) is 7.62. The van der Waals surface area contributed by atoms with Crippen LogP contribution >= 0.6 is 11.3 Å². The molecule has 1 aliphatic carbocycles. The number of nitrogens with zero attached hydrogens (tertiary/aromatic N) is 1. The van der Waals surface area contributed by atoms with Crippen LogP contribution in [0.4, 0.5) is 5.69 Å². The van der Waals surface area contributed by atoms with Crippen LogP contribution in [0.5, 0.6) is 0 Å². The molecule has 1 fully saturated rings. The largest absolute Gasteiger partial charge is 0.480 e. The standard InChI is InChI=1S/C31H33N3O5S/c35-26(16-21-17-40-25-12-5-4-11-22(21)25)33-27(18-7-2-1-3-8-18)29(36)32-23-14-13-19-9-6-10-20-15-24(31(38)39)34(28(19)20)30(23)37/h4-6,9-12,17-18,23-24,27H,1-3,7-8,13-16H2,(H,32,36)(H,33,35)(H,38,39)/t23-,24-,27-/m0/s1. The van der Waals surface area contributed by atoms with E-state index >= 15 is 0 Å². The highest BCUT2D eigenvalue weighted by Crippen LogP contribution is 2.39. The first-order chi connectivity index (χ1) is 19.4. The number of aliphatic carboxylic acids is 1. The number of fused-ring (bicyclic) bond motifs is 1. The summed E-state index contributed by atoms with van der Waals surface area (Å²) in [7, 11) is 0. The number of hydrogen-bond acceptors (Lipinski definition) is 5. The van der Waals surface area contributed by atoms with Crippen molar-refractivity contribution in [1.82, 2.24) is 10.6 Å². The summed E-state index contributed by atoms with van der Waals surface area (Å²) in [5.41, 5.74) is 3.38. The predicted octanol–water partition coefficient (Wildman–Crippen LogP) is 3.98. The lowest BCUT2D eigenvalue weighted by molar-refractivity contribution is -0.140. The minimum Gasteiger partial charge on any atom is -0.480 e. The first-order valence-electron chi connectivity index (χ1n) is 14.1. The number of thiophene rings is 1. The van der Waals surface area contributed by atoms with Gasteiger partial charge in [0.25, 0.3) is 0 Å². The number of carbonyl (C=O) groups is 4. The number of para-hydroxylation sites is 1. The number of hydrogen-bond donors (Lipinski definition) is 3. The molecule has 3 aromatic rings. The first-order valence-corrected chi connectivity index (χ1v) is 15.0. The van der Waals surface area contributed by atoms with Gasteiger partial charge in [0.05, 0.1) is 12.1 Å². The van der Waals surface area contributed by atoms with Crippen molar-refractivity contribution in [3.8, 4) is 0 Å². The van der Waals surface area contributed by atoms with Crippen LogP contribution in [0.15, 0.2) is 47.8 Å². The Labute approximate surface area is 236 Å². The molecular weight excluding hydrogens is 526 g/mol. The molecule has 3 atom stereocenters. The van der Waals surface area contributed by atoms with Gasteiger partial charge in [0.1, 0.15) is 18.1 Å². The lowest BCUT2D eigenvalue weighted by Crippen LogP contribution is -2.58. The second-order valence-electron chi connectivity index (χ2n) is 11.2. The molecule has 3 N–H and O–H groups in total. The molecule has 0 unspecified atom stereocenters. The van der Waals surface area contributed by atoms with Crippen LogP contribution in [0.1, 0.15) is 55.2 Å². The highest BCUT2D eigenvalue weighted by atomic mass is 32.1. The van der Waals surface area contributed by atoms with E-state index in [1.807, 2.05) is 47.8 Å². The Bertz CT molecular complexity index is 1480. The van der Waals surface area contributed by atoms with Crippen molar-refractivity contribution in [3.63, 3.8) is 0 Å². The molecular formula is C31H33N3O5S. The lowest BCUT2D eigenvalue weighted by atomic mass is 9.83. The highest BCUT2D eigenvalue weighted by molar-refractivity contribution is 7.17. The Balaban J connectivity index is 1.21. The summed E-state index contributed by atoms with van der Waals surface area (Å²) in [6.45, 7) is 0. The molecule has 0 radical (unpaired) electrons. The summed E-state index contributed by atoms with van der Waals surface area (Å²) in [6.07, 6.45) is 6.11. The number of carboxylic acids is 1. The van der Waals surface area contributed by atoms with Crippen LogP contribution in [0, 0.1) is 5.92 Å². The molecule has 2 aromatic carbocycles. The number of benzene rings is 2. The zero-order chi connectivity index (χ0) is 27.8. The molecule has 0 bridgehead atoms. The third-order valence-corrected chi connectivity index (χ3v) is 9.65. The molecule has 40 heavy (non-hydrogen) atoms. The number of aryl methyl sites for hydroxylation is 1. The Morgan fingerprint density at radius 1 is 1.00 bits per heavy atom. The topological polar surface area (TPSA) is 116 Å². The molecule has 1 saturated carbocycles. The molecule has 208 valence electrons. The number of amides is 3. The molecule has 1 aromatic heterocycles. The van der Waals surface area contributed by atoms with Crippen LogP contribution < -0.4 is 15.5 Å². The summed E-state index contributed by atoms with van der Waals surface area (Å²) in [5.74, 6) is -2.06. The number of carboxylic acid groups (broad SMARTS) is 1. The van der Waals surface area contributed by atoms with Crippen LogP contribution in [0.2, 0.25) is 0 Å². The average Bonchev–Trinajstić information content (AvgIpc) is 3.52. The van der Waals surface area contributed by atoms with Gasteiger partial charge < -0.3 is 15.7 Å². The van der Waals surface area contributed by atoms with Crippen molar-refractivity contribution in [3.05, 3.63) is 64.5 Å². The summed E-state index contributed by atoms with van der Waals surface area (Å²) in [6, 6.07) is 11.0. The van der Waals surface area contributed by atoms with Crippen molar-refractivity contribution in [2.45, 2.75) is 75.9 Å². The normalized spacial score (nSPS) is 21.5. The molecule has 3 heterocycles. The van der Waals surface area contributed by atoms with Crippen molar-refractivity contribution >= 4 is 50.8 Å². The zero-order valence-corrected chi connectivity index (χ0v) is 23.0. The Morgan fingerprint density at radius 3 is 2.58 bits per heavy atom. The summed E-state index contributed by atoms with van der Waals surface area (Å²) in [4.78, 5) is 54.3. The van der Waals surface area contributed by atoms with Crippen LogP contribution in [0.3, 0.4) is 0 Å². The molecule has 2 aliphatic heterocycles. The quantitative estimate of drug-likeness (QED) is 0.405. The SMILES string of the molecule is O=C(Cc1csc2ccccc12)N[C@H](C(=O)N[C@H]1CCc2cccc3c2N(C1=O)[C@H](C(=O)O)C3)C1CCCCC1. The van der Waals surface area contributed by atoms with Crippen molar-refractivity contribution in [2.75, 3.05) is 4.90 Å². The van der Waals surface area contributed by atoms with Crippen molar-refractivity contribution in [2.24, 2.45) is 5.92 Å². The van der Waals surface area contributed by atoms with Crippen molar-refractivity contribution in [1.29, 1.82) is 0 Å². The van der Waals surface area contributed by atoms with E-state index in [-0.39, 0.29) is 30.6 Å². The molecule has 0 spiro atoms. The number of anilines is 1. The fraction of sp³-hybridized carbons (Fsp3) is 0.419. The zero-order valence-electron chi connectivity index (χ0n) is 22.2. The van der Waals surface area contributed by atoms with E-state index in [2.05, 4.69) is 10.6 Å². The number of carbonyl (C=O) groups excluding carboxylic acids is 3. The van der Waals surface area contributed by atoms with Gasteiger partial charge in [-0.05, 0) is 65.1 Å². The van der Waals surface area contributed by atoms with Crippen molar-refractivity contribution < 1.29 is 24.3 Å². The molecule has 6 rings (SSSR count). The maximum Gasteiger partial charge on any atom is 0.327 e. The minimum absolute atomic E-state index is 0.0137. The van der Waals surface area contributed by atoms with Gasteiger partial charge in [-0.25, -0.2) is 4.79 Å². The number of rotatable bonds is 7. The third-order valence-electron chi connectivity index (χ3n) is 8.64. The summed E-state index contributed by atoms with van der Waals surface area (Å²) < 4.78 is 1.12. The second-order valence-corrected chi connectivity index (χ2v) is 12.1. The summed E-state index contributed by atoms with van der Waals surface area (Å²) in [5, 5.41) is 18.9. The molecule has 8 nitrogen and oxygen atoms in total. The van der Waals surface area contributed by atoms with E-state index in [1.165, 1.54) is 4.90 Å². The molecule has 9 heteroatoms. The predicted molar refractivity (Wildman–Crippen MR) is 153 cm³/mol. The van der Waals surface area contributed by atoms with Crippen LogP contribution in [-0.2, 0) is 38.4 Å². The lowest BCUT2D eigenvalue weighted by Gasteiger charge is -2.32. The first kappa shape index (κ1) is 26.5. The Morgan fingerprint density at radius 2 is 1.77 bits per heavy atom. The van der Waals surface area contributed by atoms with Gasteiger partial charge in [0.15, 0.2) is 0 Å². The van der Waals surface area contributed by atoms with Gasteiger partial charge in [-0.2, -0.15) is 0 Å². The molecule has 0 saturated heterocycles. The van der Waals surface area contributed by atoms with E-state index < -0.39 is 30.0 Å². The van der Waals surface area contributed by atoms with E-state index in [0.29, 0.717) is 18.5 Å². The second kappa shape index (κ2) is 11.0. The maximum atomic E-state index is 13.8. The van der Waals surface area contributed by atoms with E-state index in [1.54, 1.807) is 11.3 Å². The minimum atomic E-state index is -1.06. The van der Waals surface area contributed by atoms with Gasteiger partial charge in [0.2, 0.25) is 17.7 Å². The van der Waals surface area contributed by atoms with Gasteiger partial charge in [-0.1, -0.05) is 55.7 Å². The van der Waals surface area contributed by atoms with Gasteiger partial charge in [-0.15, -0.1) is 11.3 Å². The fourth-order valence-electron chi connectivity index (χ4n) is 6.66. The van der Waals surface area contributed by atoms with E-state index in [9.17, 15) is 24.3 Å². The smallest absolute Gasteiger partial charge is 0.327 e. The van der Waals surface area contributed by atoms with Gasteiger partial charge in [0, 0.05) is 11.1 Å². The molecule has 3 amide bonds. The summed E-state index contributed by atoms with van der Waals surface area (Å²) >= 11 is 1.60. The molecule has 3 aliphatic rings. The Hall–Kier alpha value is -3.72. The maximum absolute atomic E-state index is 13.8. The van der Waals surface area contributed by atoms with Gasteiger partial charge >= 0.3 is 5.97 Å². The Kier molecular flexibility index (Phi) is 7.31. The van der Waals surface area contributed by atoms with E-state index in [0.717, 1.165) is 58.9 Å². The average molecular weight is 560 g/mol. The van der Waals surface area contributed by atoms with Gasteiger partial charge in [-0.3, -0.25) is 19.3 Å². The monoisotopic (exact) mass is 559 g/mol. The third kappa shape index (κ3) is 4.98. The van der Waals surface area contributed by atoms with Crippen LogP contribution in [0.25, 0.3) is 10.1 Å². The van der Waals surface area contributed by atoms with Crippen LogP contribution in [-0.4, -0.2) is 46.9 Å². The van der Waals surface area contributed by atoms with E-state index in [4.69, 9.17) is 0 Å². The highest BCUT2D eigenvalue weighted by Gasteiger charge is 2.44. The number of nitrogens with one attached hydrogen (secondary N) is 2.